The molecule has 0 saturated heterocycles. The number of carbonyl (C=O) groups is 1. The van der Waals surface area contributed by atoms with Crippen LogP contribution in [-0.4, -0.2) is 28.0 Å². The summed E-state index contributed by atoms with van der Waals surface area (Å²) in [5.74, 6) is 0.383. The molecule has 2 nitrogen and oxygen atoms in total. The van der Waals surface area contributed by atoms with Crippen molar-refractivity contribution in [3.05, 3.63) is 22.2 Å². The van der Waals surface area contributed by atoms with Gasteiger partial charge in [0.15, 0.2) is 5.78 Å². The van der Waals surface area contributed by atoms with Gasteiger partial charge in [-0.05, 0) is 29.7 Å². The Bertz CT molecular complexity index is 561. The second kappa shape index (κ2) is 5.19. The molecule has 1 aliphatic rings. The highest BCUT2D eigenvalue weighted by molar-refractivity contribution is 6.90. The number of halogens is 1. The molecule has 1 unspecified atom stereocenters. The number of hydrogen-bond donors (Lipinski definition) is 0. The van der Waals surface area contributed by atoms with E-state index >= 15 is 0 Å². The predicted molar refractivity (Wildman–Crippen MR) is 90.6 cm³/mol. The number of carbonyl (C=O) groups excluding carboxylic acids is 1. The topological polar surface area (TPSA) is 20.3 Å². The Balaban J connectivity index is 2.73. The lowest BCUT2D eigenvalue weighted by Gasteiger charge is -2.25. The summed E-state index contributed by atoms with van der Waals surface area (Å²) in [5.41, 5.74) is 3.00. The highest BCUT2D eigenvalue weighted by atomic mass is 35.5. The third-order valence-corrected chi connectivity index (χ3v) is 6.79. The van der Waals surface area contributed by atoms with Gasteiger partial charge < -0.3 is 4.90 Å². The summed E-state index contributed by atoms with van der Waals surface area (Å²) < 4.78 is 0. The summed E-state index contributed by atoms with van der Waals surface area (Å²) in [6.45, 7) is 8.98. The van der Waals surface area contributed by atoms with E-state index < -0.39 is 8.07 Å². The molecular formula is C16H24ClNOSi. The molecule has 20 heavy (non-hydrogen) atoms. The van der Waals surface area contributed by atoms with E-state index in [0.717, 1.165) is 34.7 Å². The van der Waals surface area contributed by atoms with Crippen LogP contribution in [0.25, 0.3) is 0 Å². The lowest BCUT2D eigenvalue weighted by Crippen LogP contribution is -2.39. The van der Waals surface area contributed by atoms with Crippen molar-refractivity contribution in [3.63, 3.8) is 0 Å². The molecule has 0 bridgehead atoms. The normalized spacial score (nSPS) is 18.4. The monoisotopic (exact) mass is 309 g/mol. The van der Waals surface area contributed by atoms with Gasteiger partial charge in [-0.3, -0.25) is 4.79 Å². The molecule has 4 heteroatoms. The number of anilines is 1. The van der Waals surface area contributed by atoms with Gasteiger partial charge in [0.25, 0.3) is 0 Å². The minimum atomic E-state index is -1.52. The number of benzene rings is 1. The van der Waals surface area contributed by atoms with Crippen molar-refractivity contribution in [2.75, 3.05) is 19.0 Å². The molecule has 2 rings (SSSR count). The van der Waals surface area contributed by atoms with Crippen LogP contribution in [0, 0.1) is 5.92 Å². The molecule has 0 spiro atoms. The lowest BCUT2D eigenvalue weighted by atomic mass is 10.0. The predicted octanol–water partition coefficient (Wildman–Crippen LogP) is 3.72. The third kappa shape index (κ3) is 2.42. The average molecular weight is 310 g/mol. The van der Waals surface area contributed by atoms with Crippen molar-refractivity contribution in [3.8, 4) is 0 Å². The van der Waals surface area contributed by atoms with Crippen molar-refractivity contribution in [1.82, 2.24) is 0 Å². The van der Waals surface area contributed by atoms with E-state index in [4.69, 9.17) is 11.6 Å². The molecule has 0 N–H and O–H groups in total. The number of Topliss-reactive ketones (excluding diaryl/α,β-unsaturated/α-hetero) is 1. The van der Waals surface area contributed by atoms with E-state index in [1.165, 1.54) is 5.19 Å². The first kappa shape index (κ1) is 15.6. The van der Waals surface area contributed by atoms with Crippen LogP contribution in [0.2, 0.25) is 24.7 Å². The molecule has 1 atom stereocenters. The van der Waals surface area contributed by atoms with Crippen molar-refractivity contribution in [2.45, 2.75) is 39.4 Å². The second-order valence-corrected chi connectivity index (χ2v) is 12.3. The van der Waals surface area contributed by atoms with Crippen molar-refractivity contribution in [1.29, 1.82) is 0 Å². The van der Waals surface area contributed by atoms with E-state index in [2.05, 4.69) is 37.5 Å². The molecule has 0 aliphatic heterocycles. The maximum Gasteiger partial charge on any atom is 0.168 e. The Labute approximate surface area is 128 Å². The Morgan fingerprint density at radius 3 is 2.40 bits per heavy atom. The summed E-state index contributed by atoms with van der Waals surface area (Å²) in [7, 11) is 2.49. The highest BCUT2D eigenvalue weighted by Gasteiger charge is 2.36. The Morgan fingerprint density at radius 2 is 1.95 bits per heavy atom. The van der Waals surface area contributed by atoms with Gasteiger partial charge in [-0.1, -0.05) is 38.2 Å². The van der Waals surface area contributed by atoms with Gasteiger partial charge in [0, 0.05) is 36.3 Å². The number of nitrogens with zero attached hydrogens (tertiary/aromatic N) is 1. The van der Waals surface area contributed by atoms with Crippen LogP contribution < -0.4 is 10.1 Å². The standard InChI is InChI=1S/C16H24ClNOSi/c1-7-10-8-11-14(16(10)19)12(18(2)3)9-13(15(11)17)20(4,5)6/h9-10H,7-8H2,1-6H3. The first-order chi connectivity index (χ1) is 9.18. The molecule has 0 radical (unpaired) electrons. The van der Waals surface area contributed by atoms with Gasteiger partial charge in [-0.2, -0.15) is 0 Å². The fraction of sp³-hybridized carbons (Fsp3) is 0.562. The van der Waals surface area contributed by atoms with E-state index in [1.807, 2.05) is 14.1 Å². The summed E-state index contributed by atoms with van der Waals surface area (Å²) >= 11 is 6.67. The molecule has 0 heterocycles. The van der Waals surface area contributed by atoms with E-state index in [-0.39, 0.29) is 11.7 Å². The smallest absolute Gasteiger partial charge is 0.168 e. The average Bonchev–Trinajstić information content (AvgIpc) is 2.66. The number of fused-ring (bicyclic) bond motifs is 1. The highest BCUT2D eigenvalue weighted by Crippen LogP contribution is 2.39. The van der Waals surface area contributed by atoms with Crippen LogP contribution in [0.5, 0.6) is 0 Å². The van der Waals surface area contributed by atoms with Gasteiger partial charge in [0.05, 0.1) is 8.07 Å². The summed E-state index contributed by atoms with van der Waals surface area (Å²) in [5, 5.41) is 2.13. The van der Waals surface area contributed by atoms with Crippen molar-refractivity contribution < 1.29 is 4.79 Å². The summed E-state index contributed by atoms with van der Waals surface area (Å²) in [6.07, 6.45) is 1.70. The van der Waals surface area contributed by atoms with Gasteiger partial charge >= 0.3 is 0 Å². The van der Waals surface area contributed by atoms with Crippen LogP contribution in [0.15, 0.2) is 6.07 Å². The zero-order valence-corrected chi connectivity index (χ0v) is 15.1. The SMILES string of the molecule is CCC1Cc2c(Cl)c([Si](C)(C)C)cc(N(C)C)c2C1=O. The molecule has 0 amide bonds. The number of ketones is 1. The molecule has 110 valence electrons. The maximum absolute atomic E-state index is 12.6. The van der Waals surface area contributed by atoms with Crippen LogP contribution >= 0.6 is 11.6 Å². The van der Waals surface area contributed by atoms with E-state index in [1.54, 1.807) is 0 Å². The minimum absolute atomic E-state index is 0.109. The Hall–Kier alpha value is -0.803. The number of hydrogen-bond acceptors (Lipinski definition) is 2. The van der Waals surface area contributed by atoms with E-state index in [9.17, 15) is 4.79 Å². The third-order valence-electron chi connectivity index (χ3n) is 4.19. The Kier molecular flexibility index (Phi) is 4.04. The first-order valence-corrected chi connectivity index (χ1v) is 11.1. The summed E-state index contributed by atoms with van der Waals surface area (Å²) in [6, 6.07) is 2.16. The zero-order chi connectivity index (χ0) is 15.2. The molecule has 1 aromatic rings. The van der Waals surface area contributed by atoms with Gasteiger partial charge in [0.1, 0.15) is 0 Å². The molecule has 1 aromatic carbocycles. The molecule has 0 saturated carbocycles. The molecule has 0 fully saturated rings. The van der Waals surface area contributed by atoms with Crippen LogP contribution in [-0.2, 0) is 6.42 Å². The van der Waals surface area contributed by atoms with Crippen molar-refractivity contribution in [2.24, 2.45) is 5.92 Å². The van der Waals surface area contributed by atoms with Gasteiger partial charge in [-0.15, -0.1) is 0 Å². The maximum atomic E-state index is 12.6. The molecule has 1 aliphatic carbocycles. The first-order valence-electron chi connectivity index (χ1n) is 7.25. The quantitative estimate of drug-likeness (QED) is 0.793. The summed E-state index contributed by atoms with van der Waals surface area (Å²) in [4.78, 5) is 14.6. The fourth-order valence-electron chi connectivity index (χ4n) is 2.94. The second-order valence-electron chi connectivity index (χ2n) is 6.93. The Morgan fingerprint density at radius 1 is 1.35 bits per heavy atom. The van der Waals surface area contributed by atoms with Crippen LogP contribution in [0.1, 0.15) is 29.3 Å². The fourth-order valence-corrected chi connectivity index (χ4v) is 5.39. The van der Waals surface area contributed by atoms with Crippen LogP contribution in [0.3, 0.4) is 0 Å². The van der Waals surface area contributed by atoms with Gasteiger partial charge in [-0.25, -0.2) is 0 Å². The van der Waals surface area contributed by atoms with E-state index in [0.29, 0.717) is 0 Å². The zero-order valence-electron chi connectivity index (χ0n) is 13.3. The molecular weight excluding hydrogens is 286 g/mol. The largest absolute Gasteiger partial charge is 0.377 e. The van der Waals surface area contributed by atoms with Crippen LogP contribution in [0.4, 0.5) is 5.69 Å². The number of rotatable bonds is 3. The van der Waals surface area contributed by atoms with Crippen molar-refractivity contribution >= 4 is 36.3 Å². The lowest BCUT2D eigenvalue weighted by molar-refractivity contribution is 0.0934. The van der Waals surface area contributed by atoms with Gasteiger partial charge in [0.2, 0.25) is 0 Å². The minimum Gasteiger partial charge on any atom is -0.377 e. The molecule has 0 aromatic heterocycles.